The number of nitrogens with zero attached hydrogens (tertiary/aromatic N) is 2. The van der Waals surface area contributed by atoms with Gasteiger partial charge in [-0.05, 0) is 31.4 Å². The Hall–Kier alpha value is -1.07. The number of para-hydroxylation sites is 2. The fourth-order valence-electron chi connectivity index (χ4n) is 2.49. The van der Waals surface area contributed by atoms with Gasteiger partial charge in [0.2, 0.25) is 0 Å². The van der Waals surface area contributed by atoms with Crippen molar-refractivity contribution in [3.8, 4) is 0 Å². The normalized spacial score (nSPS) is 15.8. The zero-order valence-electron chi connectivity index (χ0n) is 11.1. The fourth-order valence-corrected chi connectivity index (χ4v) is 4.42. The molecule has 0 spiro atoms. The van der Waals surface area contributed by atoms with Gasteiger partial charge in [-0.15, -0.1) is 11.6 Å². The van der Waals surface area contributed by atoms with Gasteiger partial charge in [0, 0.05) is 6.54 Å². The third-order valence-corrected chi connectivity index (χ3v) is 6.28. The quantitative estimate of drug-likeness (QED) is 0.771. The molecule has 0 aliphatic heterocycles. The number of fused-ring (bicyclic) bond motifs is 1. The number of alkyl halides is 1. The summed E-state index contributed by atoms with van der Waals surface area (Å²) in [6.07, 6.45) is 2.29. The summed E-state index contributed by atoms with van der Waals surface area (Å²) in [7, 11) is -2.88. The molecular formula is C14H17ClN2O2S. The second-order valence-corrected chi connectivity index (χ2v) is 7.89. The van der Waals surface area contributed by atoms with Crippen LogP contribution in [0.3, 0.4) is 0 Å². The zero-order chi connectivity index (χ0) is 14.2. The first kappa shape index (κ1) is 13.9. The SMILES string of the molecule is O=S(=O)(CCCn1c(CCl)nc2ccccc21)C1CC1. The molecule has 0 radical (unpaired) electrons. The van der Waals surface area contributed by atoms with Crippen LogP contribution in [0.25, 0.3) is 11.0 Å². The molecule has 3 rings (SSSR count). The molecule has 108 valence electrons. The van der Waals surface area contributed by atoms with Crippen LogP contribution in [-0.4, -0.2) is 29.0 Å². The number of imidazole rings is 1. The lowest BCUT2D eigenvalue weighted by Crippen LogP contribution is -2.14. The molecule has 0 saturated heterocycles. The van der Waals surface area contributed by atoms with Crippen LogP contribution in [0.1, 0.15) is 25.1 Å². The fraction of sp³-hybridized carbons (Fsp3) is 0.500. The molecule has 0 unspecified atom stereocenters. The summed E-state index contributed by atoms with van der Waals surface area (Å²) in [6, 6.07) is 7.84. The maximum atomic E-state index is 11.9. The van der Waals surface area contributed by atoms with Gasteiger partial charge in [0.05, 0.1) is 27.9 Å². The number of halogens is 1. The van der Waals surface area contributed by atoms with E-state index in [9.17, 15) is 8.42 Å². The van der Waals surface area contributed by atoms with Crippen molar-refractivity contribution in [1.82, 2.24) is 9.55 Å². The second kappa shape index (κ2) is 5.37. The molecule has 4 nitrogen and oxygen atoms in total. The van der Waals surface area contributed by atoms with E-state index in [1.165, 1.54) is 0 Å². The highest BCUT2D eigenvalue weighted by Gasteiger charge is 2.34. The molecular weight excluding hydrogens is 296 g/mol. The smallest absolute Gasteiger partial charge is 0.153 e. The number of benzene rings is 1. The highest BCUT2D eigenvalue weighted by atomic mass is 35.5. The topological polar surface area (TPSA) is 52.0 Å². The van der Waals surface area contributed by atoms with E-state index in [2.05, 4.69) is 4.98 Å². The first-order chi connectivity index (χ1) is 9.62. The van der Waals surface area contributed by atoms with Gasteiger partial charge in [0.1, 0.15) is 5.82 Å². The van der Waals surface area contributed by atoms with Crippen LogP contribution in [0, 0.1) is 0 Å². The summed E-state index contributed by atoms with van der Waals surface area (Å²) in [5.74, 6) is 1.40. The molecule has 1 aliphatic rings. The molecule has 1 aromatic heterocycles. The maximum Gasteiger partial charge on any atom is 0.153 e. The molecule has 1 aliphatic carbocycles. The summed E-state index contributed by atoms with van der Waals surface area (Å²) in [4.78, 5) is 4.48. The van der Waals surface area contributed by atoms with E-state index >= 15 is 0 Å². The first-order valence-electron chi connectivity index (χ1n) is 6.83. The van der Waals surface area contributed by atoms with Crippen molar-refractivity contribution in [2.24, 2.45) is 0 Å². The van der Waals surface area contributed by atoms with Gasteiger partial charge >= 0.3 is 0 Å². The standard InChI is InChI=1S/C14H17ClN2O2S/c15-10-14-16-12-4-1-2-5-13(12)17(14)8-3-9-20(18,19)11-6-7-11/h1-2,4-5,11H,3,6-10H2. The van der Waals surface area contributed by atoms with Crippen molar-refractivity contribution in [2.45, 2.75) is 36.9 Å². The third-order valence-electron chi connectivity index (χ3n) is 3.70. The molecule has 1 heterocycles. The van der Waals surface area contributed by atoms with Gasteiger partial charge < -0.3 is 4.57 Å². The molecule has 0 N–H and O–H groups in total. The molecule has 0 atom stereocenters. The number of rotatable bonds is 6. The molecule has 1 saturated carbocycles. The Bertz CT molecular complexity index is 720. The largest absolute Gasteiger partial charge is 0.327 e. The minimum absolute atomic E-state index is 0.0745. The summed E-state index contributed by atoms with van der Waals surface area (Å²) in [5.41, 5.74) is 1.93. The molecule has 2 aromatic rings. The highest BCUT2D eigenvalue weighted by molar-refractivity contribution is 7.92. The van der Waals surface area contributed by atoms with Crippen molar-refractivity contribution in [3.63, 3.8) is 0 Å². The van der Waals surface area contributed by atoms with Gasteiger partial charge in [-0.2, -0.15) is 0 Å². The van der Waals surface area contributed by atoms with Gasteiger partial charge in [-0.25, -0.2) is 13.4 Å². The van der Waals surface area contributed by atoms with Gasteiger partial charge in [-0.1, -0.05) is 12.1 Å². The summed E-state index contributed by atoms with van der Waals surface area (Å²) in [5, 5.41) is -0.0745. The van der Waals surface area contributed by atoms with E-state index in [0.717, 1.165) is 29.7 Å². The predicted octanol–water partition coefficient (Wildman–Crippen LogP) is 2.74. The van der Waals surface area contributed by atoms with Gasteiger partial charge in [0.15, 0.2) is 9.84 Å². The average molecular weight is 313 g/mol. The summed E-state index contributed by atoms with van der Waals surface area (Å²) < 4.78 is 25.8. The molecule has 6 heteroatoms. The van der Waals surface area contributed by atoms with E-state index in [0.29, 0.717) is 18.8 Å². The van der Waals surface area contributed by atoms with Crippen molar-refractivity contribution in [2.75, 3.05) is 5.75 Å². The summed E-state index contributed by atoms with van der Waals surface area (Å²) >= 11 is 5.93. The van der Waals surface area contributed by atoms with Crippen LogP contribution in [0.5, 0.6) is 0 Å². The van der Waals surface area contributed by atoms with E-state index < -0.39 is 9.84 Å². The minimum Gasteiger partial charge on any atom is -0.327 e. The third kappa shape index (κ3) is 2.69. The van der Waals surface area contributed by atoms with Crippen LogP contribution in [0.15, 0.2) is 24.3 Å². The zero-order valence-corrected chi connectivity index (χ0v) is 12.7. The number of aryl methyl sites for hydroxylation is 1. The molecule has 0 amide bonds. The Balaban J connectivity index is 1.76. The maximum absolute atomic E-state index is 11.9. The van der Waals surface area contributed by atoms with Crippen LogP contribution >= 0.6 is 11.6 Å². The van der Waals surface area contributed by atoms with Crippen LogP contribution < -0.4 is 0 Å². The number of sulfone groups is 1. The van der Waals surface area contributed by atoms with E-state index in [-0.39, 0.29) is 11.0 Å². The monoisotopic (exact) mass is 312 g/mol. The second-order valence-electron chi connectivity index (χ2n) is 5.22. The van der Waals surface area contributed by atoms with Gasteiger partial charge in [0.25, 0.3) is 0 Å². The van der Waals surface area contributed by atoms with Crippen LogP contribution in [-0.2, 0) is 22.3 Å². The van der Waals surface area contributed by atoms with E-state index in [1.807, 2.05) is 28.8 Å². The molecule has 0 bridgehead atoms. The average Bonchev–Trinajstić information content (AvgIpc) is 3.23. The van der Waals surface area contributed by atoms with Crippen LogP contribution in [0.2, 0.25) is 0 Å². The van der Waals surface area contributed by atoms with Crippen molar-refractivity contribution in [3.05, 3.63) is 30.1 Å². The molecule has 20 heavy (non-hydrogen) atoms. The lowest BCUT2D eigenvalue weighted by molar-refractivity contribution is 0.585. The Morgan fingerprint density at radius 3 is 2.75 bits per heavy atom. The lowest BCUT2D eigenvalue weighted by Gasteiger charge is -2.08. The lowest BCUT2D eigenvalue weighted by atomic mass is 10.3. The van der Waals surface area contributed by atoms with E-state index in [4.69, 9.17) is 11.6 Å². The van der Waals surface area contributed by atoms with Crippen molar-refractivity contribution < 1.29 is 8.42 Å². The number of aromatic nitrogens is 2. The molecule has 1 aromatic carbocycles. The predicted molar refractivity (Wildman–Crippen MR) is 80.7 cm³/mol. The summed E-state index contributed by atoms with van der Waals surface area (Å²) in [6.45, 7) is 0.647. The Kier molecular flexibility index (Phi) is 3.73. The van der Waals surface area contributed by atoms with Crippen molar-refractivity contribution in [1.29, 1.82) is 0 Å². The van der Waals surface area contributed by atoms with Gasteiger partial charge in [-0.3, -0.25) is 0 Å². The van der Waals surface area contributed by atoms with Crippen molar-refractivity contribution >= 4 is 32.5 Å². The number of hydrogen-bond donors (Lipinski definition) is 0. The van der Waals surface area contributed by atoms with Crippen LogP contribution in [0.4, 0.5) is 0 Å². The number of hydrogen-bond acceptors (Lipinski definition) is 3. The Morgan fingerprint density at radius 2 is 2.05 bits per heavy atom. The Morgan fingerprint density at radius 1 is 1.30 bits per heavy atom. The van der Waals surface area contributed by atoms with E-state index in [1.54, 1.807) is 0 Å². The first-order valence-corrected chi connectivity index (χ1v) is 9.08. The minimum atomic E-state index is -2.88. The molecule has 1 fully saturated rings. The highest BCUT2D eigenvalue weighted by Crippen LogP contribution is 2.29. The Labute approximate surface area is 123 Å².